The first-order valence-corrected chi connectivity index (χ1v) is 7.69. The Morgan fingerprint density at radius 1 is 1.52 bits per heavy atom. The summed E-state index contributed by atoms with van der Waals surface area (Å²) in [7, 11) is 0. The van der Waals surface area contributed by atoms with Gasteiger partial charge < -0.3 is 19.7 Å². The lowest BCUT2D eigenvalue weighted by molar-refractivity contribution is -0.0502. The Hall–Kier alpha value is -1.89. The highest BCUT2D eigenvalue weighted by molar-refractivity contribution is 5.90. The number of nitrogens with zero attached hydrogens (tertiary/aromatic N) is 1. The molecule has 0 saturated carbocycles. The first kappa shape index (κ1) is 17.5. The maximum atomic E-state index is 12.4. The SMILES string of the molecule is CCN(C[C@H]1CCOC1)C(=O)Nc1cccc(OC(F)F)c1C. The fourth-order valence-corrected chi connectivity index (χ4v) is 2.56. The molecule has 2 rings (SSSR count). The molecular weight excluding hydrogens is 306 g/mol. The van der Waals surface area contributed by atoms with Crippen molar-refractivity contribution in [2.45, 2.75) is 26.9 Å². The second-order valence-electron chi connectivity index (χ2n) is 5.51. The molecule has 1 aliphatic rings. The summed E-state index contributed by atoms with van der Waals surface area (Å²) in [4.78, 5) is 14.1. The van der Waals surface area contributed by atoms with Crippen LogP contribution in [0, 0.1) is 12.8 Å². The van der Waals surface area contributed by atoms with Crippen molar-refractivity contribution in [2.75, 3.05) is 31.6 Å². The molecule has 1 N–H and O–H groups in total. The summed E-state index contributed by atoms with van der Waals surface area (Å²) in [6.45, 7) is 3.22. The molecule has 7 heteroatoms. The number of hydrogen-bond donors (Lipinski definition) is 1. The number of urea groups is 1. The minimum absolute atomic E-state index is 0.0602. The quantitative estimate of drug-likeness (QED) is 0.870. The summed E-state index contributed by atoms with van der Waals surface area (Å²) in [6, 6.07) is 4.43. The van der Waals surface area contributed by atoms with E-state index in [1.54, 1.807) is 24.0 Å². The van der Waals surface area contributed by atoms with Crippen molar-refractivity contribution in [3.05, 3.63) is 23.8 Å². The van der Waals surface area contributed by atoms with Crippen molar-refractivity contribution in [2.24, 2.45) is 5.92 Å². The molecule has 0 aliphatic carbocycles. The zero-order valence-electron chi connectivity index (χ0n) is 13.4. The molecule has 5 nitrogen and oxygen atoms in total. The minimum atomic E-state index is -2.89. The number of hydrogen-bond acceptors (Lipinski definition) is 3. The Bertz CT molecular complexity index is 534. The number of anilines is 1. The normalized spacial score (nSPS) is 17.3. The number of alkyl halides is 2. The fourth-order valence-electron chi connectivity index (χ4n) is 2.56. The Labute approximate surface area is 134 Å². The summed E-state index contributed by atoms with van der Waals surface area (Å²) in [5, 5.41) is 2.77. The van der Waals surface area contributed by atoms with Crippen molar-refractivity contribution in [3.8, 4) is 5.75 Å². The van der Waals surface area contributed by atoms with E-state index in [2.05, 4.69) is 10.1 Å². The van der Waals surface area contributed by atoms with Gasteiger partial charge in [0.1, 0.15) is 5.75 Å². The molecule has 0 bridgehead atoms. The number of ether oxygens (including phenoxy) is 2. The van der Waals surface area contributed by atoms with Gasteiger partial charge in [-0.05, 0) is 32.4 Å². The van der Waals surface area contributed by atoms with Crippen LogP contribution in [0.5, 0.6) is 5.75 Å². The van der Waals surface area contributed by atoms with Gasteiger partial charge in [-0.2, -0.15) is 8.78 Å². The van der Waals surface area contributed by atoms with E-state index >= 15 is 0 Å². The molecule has 0 radical (unpaired) electrons. The maximum Gasteiger partial charge on any atom is 0.387 e. The molecule has 0 unspecified atom stereocenters. The van der Waals surface area contributed by atoms with Crippen LogP contribution < -0.4 is 10.1 Å². The van der Waals surface area contributed by atoms with Gasteiger partial charge in [-0.15, -0.1) is 0 Å². The smallest absolute Gasteiger partial charge is 0.387 e. The number of rotatable bonds is 6. The largest absolute Gasteiger partial charge is 0.434 e. The van der Waals surface area contributed by atoms with Gasteiger partial charge in [0.25, 0.3) is 0 Å². The van der Waals surface area contributed by atoms with Gasteiger partial charge in [0.2, 0.25) is 0 Å². The average molecular weight is 328 g/mol. The van der Waals surface area contributed by atoms with Gasteiger partial charge in [-0.1, -0.05) is 6.07 Å². The van der Waals surface area contributed by atoms with Gasteiger partial charge in [-0.3, -0.25) is 0 Å². The Kier molecular flexibility index (Phi) is 6.15. The Morgan fingerprint density at radius 3 is 2.91 bits per heavy atom. The summed E-state index contributed by atoms with van der Waals surface area (Å²) < 4.78 is 34.5. The van der Waals surface area contributed by atoms with E-state index in [1.165, 1.54) is 6.07 Å². The van der Waals surface area contributed by atoms with Crippen LogP contribution in [0.1, 0.15) is 18.9 Å². The second-order valence-corrected chi connectivity index (χ2v) is 5.51. The number of halogens is 2. The molecule has 1 aromatic rings. The van der Waals surface area contributed by atoms with Crippen molar-refractivity contribution >= 4 is 11.7 Å². The summed E-state index contributed by atoms with van der Waals surface area (Å²) >= 11 is 0. The zero-order valence-corrected chi connectivity index (χ0v) is 13.4. The fraction of sp³-hybridized carbons (Fsp3) is 0.562. The number of amides is 2. The zero-order chi connectivity index (χ0) is 16.8. The predicted molar refractivity (Wildman–Crippen MR) is 83.0 cm³/mol. The van der Waals surface area contributed by atoms with E-state index in [-0.39, 0.29) is 11.8 Å². The lowest BCUT2D eigenvalue weighted by Gasteiger charge is -2.24. The number of carbonyl (C=O) groups is 1. The molecular formula is C16H22F2N2O3. The molecule has 0 spiro atoms. The molecule has 1 fully saturated rings. The summed E-state index contributed by atoms with van der Waals surface area (Å²) in [5.74, 6) is 0.403. The molecule has 2 amide bonds. The van der Waals surface area contributed by atoms with Crippen molar-refractivity contribution in [3.63, 3.8) is 0 Å². The van der Waals surface area contributed by atoms with Crippen molar-refractivity contribution in [1.29, 1.82) is 0 Å². The van der Waals surface area contributed by atoms with Crippen LogP contribution in [0.25, 0.3) is 0 Å². The van der Waals surface area contributed by atoms with E-state index in [1.807, 2.05) is 6.92 Å². The van der Waals surface area contributed by atoms with Crippen LogP contribution in [-0.4, -0.2) is 43.8 Å². The number of carbonyl (C=O) groups excluding carboxylic acids is 1. The predicted octanol–water partition coefficient (Wildman–Crippen LogP) is 3.49. The van der Waals surface area contributed by atoms with Gasteiger partial charge in [0.05, 0.1) is 6.61 Å². The van der Waals surface area contributed by atoms with E-state index in [0.717, 1.165) is 13.0 Å². The lowest BCUT2D eigenvalue weighted by Crippen LogP contribution is -2.38. The monoisotopic (exact) mass is 328 g/mol. The summed E-state index contributed by atoms with van der Waals surface area (Å²) in [6.07, 6.45) is 0.945. The van der Waals surface area contributed by atoms with Crippen LogP contribution in [0.4, 0.5) is 19.3 Å². The first-order chi connectivity index (χ1) is 11.0. The van der Waals surface area contributed by atoms with Crippen LogP contribution in [0.2, 0.25) is 0 Å². The third kappa shape index (κ3) is 4.79. The van der Waals surface area contributed by atoms with Gasteiger partial charge in [-0.25, -0.2) is 4.79 Å². The first-order valence-electron chi connectivity index (χ1n) is 7.69. The Balaban J connectivity index is 2.03. The average Bonchev–Trinajstić information content (AvgIpc) is 3.01. The standard InChI is InChI=1S/C16H22F2N2O3/c1-3-20(9-12-7-8-22-10-12)16(21)19-13-5-4-6-14(11(13)2)23-15(17)18/h4-6,12,15H,3,7-10H2,1-2H3,(H,19,21)/t12-/m1/s1. The Morgan fingerprint density at radius 2 is 2.30 bits per heavy atom. The van der Waals surface area contributed by atoms with Crippen LogP contribution in [0.15, 0.2) is 18.2 Å². The second kappa shape index (κ2) is 8.10. The molecule has 1 atom stereocenters. The molecule has 0 aromatic heterocycles. The number of benzene rings is 1. The van der Waals surface area contributed by atoms with E-state index in [9.17, 15) is 13.6 Å². The van der Waals surface area contributed by atoms with Gasteiger partial charge in [0, 0.05) is 36.9 Å². The molecule has 1 aromatic carbocycles. The highest BCUT2D eigenvalue weighted by Crippen LogP contribution is 2.27. The van der Waals surface area contributed by atoms with Crippen molar-refractivity contribution in [1.82, 2.24) is 4.90 Å². The van der Waals surface area contributed by atoms with E-state index in [4.69, 9.17) is 4.74 Å². The van der Waals surface area contributed by atoms with Crippen molar-refractivity contribution < 1.29 is 23.0 Å². The van der Waals surface area contributed by atoms with Gasteiger partial charge in [0.15, 0.2) is 0 Å². The molecule has 1 heterocycles. The minimum Gasteiger partial charge on any atom is -0.434 e. The molecule has 128 valence electrons. The highest BCUT2D eigenvalue weighted by atomic mass is 19.3. The van der Waals surface area contributed by atoms with E-state index in [0.29, 0.717) is 36.9 Å². The van der Waals surface area contributed by atoms with Crippen LogP contribution in [0.3, 0.4) is 0 Å². The third-order valence-electron chi connectivity index (χ3n) is 3.91. The molecule has 1 saturated heterocycles. The topological polar surface area (TPSA) is 50.8 Å². The maximum absolute atomic E-state index is 12.4. The molecule has 23 heavy (non-hydrogen) atoms. The highest BCUT2D eigenvalue weighted by Gasteiger charge is 2.22. The number of nitrogens with one attached hydrogen (secondary N) is 1. The summed E-state index contributed by atoms with van der Waals surface area (Å²) in [5.41, 5.74) is 0.940. The third-order valence-corrected chi connectivity index (χ3v) is 3.91. The van der Waals surface area contributed by atoms with Gasteiger partial charge >= 0.3 is 12.6 Å². The lowest BCUT2D eigenvalue weighted by atomic mass is 10.1. The van der Waals surface area contributed by atoms with E-state index < -0.39 is 6.61 Å². The van der Waals surface area contributed by atoms with Crippen LogP contribution >= 0.6 is 0 Å². The van der Waals surface area contributed by atoms with Crippen LogP contribution in [-0.2, 0) is 4.74 Å². The molecule has 1 aliphatic heterocycles.